The Kier molecular flexibility index (Phi) is 6.33. The van der Waals surface area contributed by atoms with Gasteiger partial charge in [0.15, 0.2) is 0 Å². The summed E-state index contributed by atoms with van der Waals surface area (Å²) in [5.74, 6) is 0.996. The molecular weight excluding hydrogens is 433 g/mol. The van der Waals surface area contributed by atoms with Crippen molar-refractivity contribution in [3.63, 3.8) is 0 Å². The number of rotatable bonds is 6. The van der Waals surface area contributed by atoms with Gasteiger partial charge in [0.2, 0.25) is 11.7 Å². The summed E-state index contributed by atoms with van der Waals surface area (Å²) in [6.07, 6.45) is 1.67. The van der Waals surface area contributed by atoms with Gasteiger partial charge in [-0.2, -0.15) is 4.98 Å². The minimum Gasteiger partial charge on any atom is -0.489 e. The van der Waals surface area contributed by atoms with Crippen LogP contribution in [-0.4, -0.2) is 34.0 Å². The highest BCUT2D eigenvalue weighted by Crippen LogP contribution is 2.29. The summed E-state index contributed by atoms with van der Waals surface area (Å²) in [6, 6.07) is 23.3. The van der Waals surface area contributed by atoms with E-state index in [1.54, 1.807) is 24.3 Å². The van der Waals surface area contributed by atoms with Gasteiger partial charge in [-0.3, -0.25) is 4.79 Å². The molecule has 7 heteroatoms. The van der Waals surface area contributed by atoms with Crippen molar-refractivity contribution in [1.82, 2.24) is 15.0 Å². The molecule has 1 aliphatic heterocycles. The SMILES string of the molecule is O=C(c1cccc(OCc2ccccc2)c1)N1CCCC(c2nc(-c3cccc(F)c3)no2)C1. The molecule has 5 rings (SSSR count). The van der Waals surface area contributed by atoms with Gasteiger partial charge in [0.25, 0.3) is 5.91 Å². The van der Waals surface area contributed by atoms with Crippen LogP contribution in [0.4, 0.5) is 4.39 Å². The summed E-state index contributed by atoms with van der Waals surface area (Å²) < 4.78 is 24.9. The van der Waals surface area contributed by atoms with Gasteiger partial charge in [0.05, 0.1) is 5.92 Å². The standard InChI is InChI=1S/C27H24FN3O3/c28-23-12-4-9-20(15-23)25-29-26(34-30-25)22-11-6-14-31(17-22)27(32)21-10-5-13-24(16-21)33-18-19-7-2-1-3-8-19/h1-5,7-10,12-13,15-16,22H,6,11,14,17-18H2. The van der Waals surface area contributed by atoms with Crippen molar-refractivity contribution in [2.45, 2.75) is 25.4 Å². The lowest BCUT2D eigenvalue weighted by atomic mass is 9.97. The van der Waals surface area contributed by atoms with Crippen molar-refractivity contribution in [3.8, 4) is 17.1 Å². The fourth-order valence-electron chi connectivity index (χ4n) is 4.15. The molecular formula is C27H24FN3O3. The van der Waals surface area contributed by atoms with E-state index in [-0.39, 0.29) is 17.6 Å². The van der Waals surface area contributed by atoms with Crippen LogP contribution < -0.4 is 4.74 Å². The van der Waals surface area contributed by atoms with Crippen LogP contribution in [0.15, 0.2) is 83.4 Å². The number of carbonyl (C=O) groups excluding carboxylic acids is 1. The average molecular weight is 458 g/mol. The Balaban J connectivity index is 1.25. The molecule has 172 valence electrons. The van der Waals surface area contributed by atoms with Crippen LogP contribution >= 0.6 is 0 Å². The van der Waals surface area contributed by atoms with E-state index in [4.69, 9.17) is 9.26 Å². The number of likely N-dealkylation sites (tertiary alicyclic amines) is 1. The molecule has 3 aromatic carbocycles. The zero-order valence-corrected chi connectivity index (χ0v) is 18.6. The number of hydrogen-bond acceptors (Lipinski definition) is 5. The Hall–Kier alpha value is -4.00. The van der Waals surface area contributed by atoms with E-state index in [0.717, 1.165) is 18.4 Å². The number of amides is 1. The van der Waals surface area contributed by atoms with E-state index < -0.39 is 0 Å². The molecule has 1 fully saturated rings. The molecule has 1 aliphatic rings. The predicted octanol–water partition coefficient (Wildman–Crippen LogP) is 5.47. The van der Waals surface area contributed by atoms with Gasteiger partial charge < -0.3 is 14.2 Å². The lowest BCUT2D eigenvalue weighted by molar-refractivity contribution is 0.0695. The van der Waals surface area contributed by atoms with Gasteiger partial charge in [-0.25, -0.2) is 4.39 Å². The number of hydrogen-bond donors (Lipinski definition) is 0. The first-order valence-electron chi connectivity index (χ1n) is 11.3. The molecule has 4 aromatic rings. The highest BCUT2D eigenvalue weighted by atomic mass is 19.1. The maximum absolute atomic E-state index is 13.5. The fourth-order valence-corrected chi connectivity index (χ4v) is 4.15. The number of benzene rings is 3. The summed E-state index contributed by atoms with van der Waals surface area (Å²) >= 11 is 0. The number of nitrogens with zero attached hydrogens (tertiary/aromatic N) is 3. The molecule has 1 amide bonds. The maximum Gasteiger partial charge on any atom is 0.254 e. The maximum atomic E-state index is 13.5. The normalized spacial score (nSPS) is 15.8. The van der Waals surface area contributed by atoms with E-state index in [1.165, 1.54) is 12.1 Å². The van der Waals surface area contributed by atoms with E-state index in [9.17, 15) is 9.18 Å². The number of ether oxygens (including phenoxy) is 1. The number of piperidine rings is 1. The lowest BCUT2D eigenvalue weighted by Crippen LogP contribution is -2.39. The Morgan fingerprint density at radius 2 is 1.91 bits per heavy atom. The monoisotopic (exact) mass is 457 g/mol. The molecule has 1 saturated heterocycles. The van der Waals surface area contributed by atoms with Crippen LogP contribution in [0.3, 0.4) is 0 Å². The van der Waals surface area contributed by atoms with Gasteiger partial charge in [-0.05, 0) is 48.7 Å². The molecule has 2 heterocycles. The summed E-state index contributed by atoms with van der Waals surface area (Å²) in [4.78, 5) is 19.5. The average Bonchev–Trinajstić information content (AvgIpc) is 3.39. The molecule has 6 nitrogen and oxygen atoms in total. The quantitative estimate of drug-likeness (QED) is 0.384. The number of aromatic nitrogens is 2. The van der Waals surface area contributed by atoms with E-state index in [2.05, 4.69) is 10.1 Å². The largest absolute Gasteiger partial charge is 0.489 e. The van der Waals surface area contributed by atoms with Crippen LogP contribution in [0.2, 0.25) is 0 Å². The van der Waals surface area contributed by atoms with Crippen LogP contribution in [0.5, 0.6) is 5.75 Å². The summed E-state index contributed by atoms with van der Waals surface area (Å²) in [7, 11) is 0. The molecule has 0 bridgehead atoms. The van der Waals surface area contributed by atoms with E-state index in [1.807, 2.05) is 47.4 Å². The summed E-state index contributed by atoms with van der Waals surface area (Å²) in [5.41, 5.74) is 2.21. The second-order valence-electron chi connectivity index (χ2n) is 8.36. The topological polar surface area (TPSA) is 68.5 Å². The Labute approximate surface area is 197 Å². The van der Waals surface area contributed by atoms with Crippen molar-refractivity contribution >= 4 is 5.91 Å². The molecule has 34 heavy (non-hydrogen) atoms. The third-order valence-electron chi connectivity index (χ3n) is 5.91. The van der Waals surface area contributed by atoms with Crippen molar-refractivity contribution in [2.24, 2.45) is 0 Å². The van der Waals surface area contributed by atoms with Crippen LogP contribution in [0, 0.1) is 5.82 Å². The van der Waals surface area contributed by atoms with Gasteiger partial charge >= 0.3 is 0 Å². The molecule has 0 N–H and O–H groups in total. The van der Waals surface area contributed by atoms with Gasteiger partial charge in [-0.15, -0.1) is 0 Å². The molecule has 1 aromatic heterocycles. The number of carbonyl (C=O) groups is 1. The zero-order chi connectivity index (χ0) is 23.3. The zero-order valence-electron chi connectivity index (χ0n) is 18.6. The van der Waals surface area contributed by atoms with Crippen LogP contribution in [0.25, 0.3) is 11.4 Å². The first kappa shape index (κ1) is 21.8. The minimum atomic E-state index is -0.353. The molecule has 1 unspecified atom stereocenters. The fraction of sp³-hybridized carbons (Fsp3) is 0.222. The molecule has 1 atom stereocenters. The first-order valence-corrected chi connectivity index (χ1v) is 11.3. The minimum absolute atomic E-state index is 0.0558. The smallest absolute Gasteiger partial charge is 0.254 e. The molecule has 0 spiro atoms. The van der Waals surface area contributed by atoms with Crippen LogP contribution in [0.1, 0.15) is 40.6 Å². The van der Waals surface area contributed by atoms with Crippen molar-refractivity contribution in [3.05, 3.63) is 102 Å². The number of halogens is 1. The highest BCUT2D eigenvalue weighted by Gasteiger charge is 2.29. The Morgan fingerprint density at radius 1 is 1.06 bits per heavy atom. The second kappa shape index (κ2) is 9.87. The van der Waals surface area contributed by atoms with Crippen LogP contribution in [-0.2, 0) is 6.61 Å². The molecule has 0 saturated carbocycles. The highest BCUT2D eigenvalue weighted by molar-refractivity contribution is 5.94. The summed E-state index contributed by atoms with van der Waals surface area (Å²) in [6.45, 7) is 1.59. The van der Waals surface area contributed by atoms with Gasteiger partial charge in [-0.1, -0.05) is 53.7 Å². The Bertz CT molecular complexity index is 1270. The van der Waals surface area contributed by atoms with Crippen molar-refractivity contribution in [2.75, 3.05) is 13.1 Å². The van der Waals surface area contributed by atoms with E-state index in [0.29, 0.717) is 48.3 Å². The summed E-state index contributed by atoms with van der Waals surface area (Å²) in [5, 5.41) is 4.02. The second-order valence-corrected chi connectivity index (χ2v) is 8.36. The third kappa shape index (κ3) is 4.98. The predicted molar refractivity (Wildman–Crippen MR) is 125 cm³/mol. The van der Waals surface area contributed by atoms with Gasteiger partial charge in [0.1, 0.15) is 18.2 Å². The van der Waals surface area contributed by atoms with Gasteiger partial charge in [0, 0.05) is 24.2 Å². The van der Waals surface area contributed by atoms with Crippen molar-refractivity contribution in [1.29, 1.82) is 0 Å². The molecule has 0 radical (unpaired) electrons. The third-order valence-corrected chi connectivity index (χ3v) is 5.91. The van der Waals surface area contributed by atoms with E-state index >= 15 is 0 Å². The van der Waals surface area contributed by atoms with Crippen molar-refractivity contribution < 1.29 is 18.4 Å². The first-order chi connectivity index (χ1) is 16.7. The lowest BCUT2D eigenvalue weighted by Gasteiger charge is -2.31. The Morgan fingerprint density at radius 3 is 2.76 bits per heavy atom. The molecule has 0 aliphatic carbocycles.